The van der Waals surface area contributed by atoms with E-state index < -0.39 is 0 Å². The van der Waals surface area contributed by atoms with Crippen molar-refractivity contribution in [2.45, 2.75) is 112 Å². The molecule has 0 aliphatic heterocycles. The first-order valence-electron chi connectivity index (χ1n) is 10.1. The molecule has 1 aromatic carbocycles. The van der Waals surface area contributed by atoms with Gasteiger partial charge in [-0.2, -0.15) is 0 Å². The van der Waals surface area contributed by atoms with E-state index in [1.807, 2.05) is 0 Å². The summed E-state index contributed by atoms with van der Waals surface area (Å²) in [4.78, 5) is 0. The molecule has 0 heterocycles. The fourth-order valence-electron chi connectivity index (χ4n) is 3.74. The second-order valence-corrected chi connectivity index (χ2v) is 7.54. The Balaban J connectivity index is 2.27. The van der Waals surface area contributed by atoms with Gasteiger partial charge in [-0.15, -0.1) is 0 Å². The molecule has 0 N–H and O–H groups in total. The third kappa shape index (κ3) is 6.32. The SMILES string of the molecule is CCCCCCCCCCCCc1c(C)c(C)c(C)c(C)c1C. The predicted octanol–water partition coefficient (Wildman–Crippen LogP) is 7.69. The van der Waals surface area contributed by atoms with Crippen molar-refractivity contribution in [3.63, 3.8) is 0 Å². The summed E-state index contributed by atoms with van der Waals surface area (Å²) >= 11 is 0. The highest BCUT2D eigenvalue weighted by Gasteiger charge is 2.11. The second-order valence-electron chi connectivity index (χ2n) is 7.54. The number of benzene rings is 1. The van der Waals surface area contributed by atoms with E-state index in [-0.39, 0.29) is 0 Å². The van der Waals surface area contributed by atoms with Gasteiger partial charge in [0.25, 0.3) is 0 Å². The zero-order valence-electron chi connectivity index (χ0n) is 16.8. The molecule has 1 aromatic rings. The van der Waals surface area contributed by atoms with Crippen LogP contribution in [0.3, 0.4) is 0 Å². The fourth-order valence-corrected chi connectivity index (χ4v) is 3.74. The van der Waals surface area contributed by atoms with Gasteiger partial charge < -0.3 is 0 Å². The molecule has 0 bridgehead atoms. The second kappa shape index (κ2) is 10.9. The summed E-state index contributed by atoms with van der Waals surface area (Å²) in [6.07, 6.45) is 15.5. The lowest BCUT2D eigenvalue weighted by molar-refractivity contribution is 0.556. The summed E-state index contributed by atoms with van der Waals surface area (Å²) in [6.45, 7) is 13.8. The number of unbranched alkanes of at least 4 members (excludes halogenated alkanes) is 9. The molecule has 0 fully saturated rings. The average Bonchev–Trinajstić information content (AvgIpc) is 2.55. The zero-order chi connectivity index (χ0) is 17.2. The van der Waals surface area contributed by atoms with E-state index in [0.29, 0.717) is 0 Å². The Morgan fingerprint density at radius 2 is 0.783 bits per heavy atom. The van der Waals surface area contributed by atoms with E-state index in [9.17, 15) is 0 Å². The molecule has 23 heavy (non-hydrogen) atoms. The minimum Gasteiger partial charge on any atom is -0.0654 e. The summed E-state index contributed by atoms with van der Waals surface area (Å²) in [6, 6.07) is 0. The molecule has 0 aliphatic rings. The number of rotatable bonds is 11. The van der Waals surface area contributed by atoms with Crippen molar-refractivity contribution in [1.82, 2.24) is 0 Å². The maximum atomic E-state index is 2.32. The van der Waals surface area contributed by atoms with Crippen molar-refractivity contribution in [2.75, 3.05) is 0 Å². The van der Waals surface area contributed by atoms with Crippen LogP contribution in [0.5, 0.6) is 0 Å². The summed E-state index contributed by atoms with van der Waals surface area (Å²) in [5.74, 6) is 0. The Morgan fingerprint density at radius 1 is 0.435 bits per heavy atom. The van der Waals surface area contributed by atoms with Gasteiger partial charge in [0.15, 0.2) is 0 Å². The quantitative estimate of drug-likeness (QED) is 0.367. The van der Waals surface area contributed by atoms with Crippen LogP contribution in [0.4, 0.5) is 0 Å². The van der Waals surface area contributed by atoms with Gasteiger partial charge in [-0.25, -0.2) is 0 Å². The van der Waals surface area contributed by atoms with Crippen LogP contribution in [0.1, 0.15) is 105 Å². The zero-order valence-corrected chi connectivity index (χ0v) is 16.8. The molecule has 0 aliphatic carbocycles. The largest absolute Gasteiger partial charge is 0.0654 e. The van der Waals surface area contributed by atoms with Gasteiger partial charge in [0, 0.05) is 0 Å². The summed E-state index contributed by atoms with van der Waals surface area (Å²) < 4.78 is 0. The van der Waals surface area contributed by atoms with Crippen LogP contribution in [0.15, 0.2) is 0 Å². The van der Waals surface area contributed by atoms with Crippen molar-refractivity contribution in [3.8, 4) is 0 Å². The Kier molecular flexibility index (Phi) is 9.60. The Labute approximate surface area is 146 Å². The molecule has 0 spiro atoms. The molecule has 0 nitrogen and oxygen atoms in total. The molecule has 0 saturated carbocycles. The van der Waals surface area contributed by atoms with Crippen LogP contribution in [0, 0.1) is 34.6 Å². The van der Waals surface area contributed by atoms with Crippen LogP contribution in [-0.4, -0.2) is 0 Å². The molecule has 0 atom stereocenters. The van der Waals surface area contributed by atoms with Gasteiger partial charge in [0.1, 0.15) is 0 Å². The standard InChI is InChI=1S/C23H40/c1-7-8-9-10-11-12-13-14-15-16-17-23-21(5)19(3)18(2)20(4)22(23)6/h7-17H2,1-6H3. The average molecular weight is 317 g/mol. The third-order valence-electron chi connectivity index (χ3n) is 5.94. The third-order valence-corrected chi connectivity index (χ3v) is 5.94. The van der Waals surface area contributed by atoms with E-state index in [2.05, 4.69) is 41.5 Å². The van der Waals surface area contributed by atoms with Crippen molar-refractivity contribution >= 4 is 0 Å². The Hall–Kier alpha value is -0.780. The minimum absolute atomic E-state index is 1.27. The lowest BCUT2D eigenvalue weighted by Gasteiger charge is -2.18. The highest BCUT2D eigenvalue weighted by molar-refractivity contribution is 5.49. The van der Waals surface area contributed by atoms with Gasteiger partial charge in [-0.05, 0) is 80.8 Å². The lowest BCUT2D eigenvalue weighted by Crippen LogP contribution is -2.03. The Bertz CT molecular complexity index is 438. The highest BCUT2D eigenvalue weighted by Crippen LogP contribution is 2.27. The molecule has 0 aromatic heterocycles. The van der Waals surface area contributed by atoms with E-state index in [4.69, 9.17) is 0 Å². The fraction of sp³-hybridized carbons (Fsp3) is 0.739. The first-order valence-corrected chi connectivity index (χ1v) is 10.1. The molecule has 0 saturated heterocycles. The van der Waals surface area contributed by atoms with Crippen molar-refractivity contribution in [2.24, 2.45) is 0 Å². The van der Waals surface area contributed by atoms with E-state index in [1.165, 1.54) is 87.3 Å². The van der Waals surface area contributed by atoms with Crippen LogP contribution in [0.2, 0.25) is 0 Å². The molecule has 132 valence electrons. The predicted molar refractivity (Wildman–Crippen MR) is 106 cm³/mol. The van der Waals surface area contributed by atoms with Crippen molar-refractivity contribution < 1.29 is 0 Å². The maximum absolute atomic E-state index is 2.32. The highest BCUT2D eigenvalue weighted by atomic mass is 14.2. The van der Waals surface area contributed by atoms with Crippen LogP contribution < -0.4 is 0 Å². The van der Waals surface area contributed by atoms with Crippen LogP contribution in [-0.2, 0) is 6.42 Å². The Morgan fingerprint density at radius 3 is 1.22 bits per heavy atom. The monoisotopic (exact) mass is 316 g/mol. The van der Waals surface area contributed by atoms with Gasteiger partial charge in [0.05, 0.1) is 0 Å². The number of hydrogen-bond acceptors (Lipinski definition) is 0. The van der Waals surface area contributed by atoms with Gasteiger partial charge >= 0.3 is 0 Å². The number of hydrogen-bond donors (Lipinski definition) is 0. The van der Waals surface area contributed by atoms with Crippen molar-refractivity contribution in [3.05, 3.63) is 33.4 Å². The normalized spacial score (nSPS) is 11.2. The van der Waals surface area contributed by atoms with Gasteiger partial charge in [-0.1, -0.05) is 64.7 Å². The van der Waals surface area contributed by atoms with E-state index >= 15 is 0 Å². The molecule has 0 heteroatoms. The molecule has 0 amide bonds. The summed E-state index contributed by atoms with van der Waals surface area (Å²) in [5.41, 5.74) is 9.23. The molecule has 0 unspecified atom stereocenters. The molecular formula is C23H40. The van der Waals surface area contributed by atoms with Crippen LogP contribution in [0.25, 0.3) is 0 Å². The van der Waals surface area contributed by atoms with Crippen LogP contribution >= 0.6 is 0 Å². The molecule has 0 radical (unpaired) electrons. The van der Waals surface area contributed by atoms with E-state index in [1.54, 1.807) is 16.7 Å². The molecule has 1 rings (SSSR count). The van der Waals surface area contributed by atoms with Gasteiger partial charge in [0.2, 0.25) is 0 Å². The molecular weight excluding hydrogens is 276 g/mol. The summed E-state index contributed by atoms with van der Waals surface area (Å²) in [7, 11) is 0. The van der Waals surface area contributed by atoms with Gasteiger partial charge in [-0.3, -0.25) is 0 Å². The van der Waals surface area contributed by atoms with Crippen molar-refractivity contribution in [1.29, 1.82) is 0 Å². The topological polar surface area (TPSA) is 0 Å². The smallest absolute Gasteiger partial charge is 0.0273 e. The first-order chi connectivity index (χ1) is 11.0. The first kappa shape index (κ1) is 20.3. The summed E-state index contributed by atoms with van der Waals surface area (Å²) in [5, 5.41) is 0. The minimum atomic E-state index is 1.27. The maximum Gasteiger partial charge on any atom is -0.0273 e. The lowest BCUT2D eigenvalue weighted by atomic mass is 9.87. The van der Waals surface area contributed by atoms with E-state index in [0.717, 1.165) is 0 Å².